The predicted molar refractivity (Wildman–Crippen MR) is 98.0 cm³/mol. The quantitative estimate of drug-likeness (QED) is 0.403. The first-order valence-electron chi connectivity index (χ1n) is 8.73. The molecule has 0 radical (unpaired) electrons. The molecule has 1 aliphatic rings. The molecule has 1 unspecified atom stereocenters. The Morgan fingerprint density at radius 1 is 1.38 bits per heavy atom. The van der Waals surface area contributed by atoms with Crippen molar-refractivity contribution >= 4 is 11.7 Å². The SMILES string of the molecule is CC(C)OC(=O)C1=C(N)Oc2c(oc(CO)cc2=O)[C@H]1c1ccccc1[NH+]([O-])O. The maximum Gasteiger partial charge on any atom is 0.340 e. The minimum atomic E-state index is -1.25. The Morgan fingerprint density at radius 3 is 2.69 bits per heavy atom. The van der Waals surface area contributed by atoms with Crippen LogP contribution in [0.3, 0.4) is 0 Å². The fourth-order valence-electron chi connectivity index (χ4n) is 3.09. The summed E-state index contributed by atoms with van der Waals surface area (Å²) in [5.41, 5.74) is 5.15. The Labute approximate surface area is 164 Å². The van der Waals surface area contributed by atoms with E-state index < -0.39 is 41.1 Å². The van der Waals surface area contributed by atoms with E-state index in [0.717, 1.165) is 6.07 Å². The topological polar surface area (TPSA) is 160 Å². The van der Waals surface area contributed by atoms with Crippen molar-refractivity contribution in [1.29, 1.82) is 0 Å². The summed E-state index contributed by atoms with van der Waals surface area (Å²) in [5, 5.41) is 29.6. The number of benzene rings is 1. The van der Waals surface area contributed by atoms with Crippen LogP contribution in [0.5, 0.6) is 5.75 Å². The van der Waals surface area contributed by atoms with Gasteiger partial charge in [-0.3, -0.25) is 4.79 Å². The van der Waals surface area contributed by atoms with Crippen LogP contribution in [0.15, 0.2) is 51.0 Å². The summed E-state index contributed by atoms with van der Waals surface area (Å²) in [7, 11) is 0. The van der Waals surface area contributed by atoms with Gasteiger partial charge in [-0.05, 0) is 13.8 Å². The highest BCUT2D eigenvalue weighted by Crippen LogP contribution is 2.43. The first-order chi connectivity index (χ1) is 13.7. The average Bonchev–Trinajstić information content (AvgIpc) is 2.66. The molecular weight excluding hydrogens is 384 g/mol. The lowest BCUT2D eigenvalue weighted by Crippen LogP contribution is -2.99. The standard InChI is InChI=1S/C19H20N2O8/c1-9(2)27-19(24)15-14(11-5-3-4-6-12(11)21(25)26)17-16(29-18(15)20)13(23)7-10(8-22)28-17/h3-7,9,14,21-22,25H,8,20H2,1-2H3/t14-/m0/s1. The zero-order valence-corrected chi connectivity index (χ0v) is 15.7. The van der Waals surface area contributed by atoms with E-state index >= 15 is 0 Å². The number of hydrogen-bond donors (Lipinski definition) is 4. The van der Waals surface area contributed by atoms with Crippen molar-refractivity contribution in [3.05, 3.63) is 74.3 Å². The van der Waals surface area contributed by atoms with Crippen LogP contribution in [-0.2, 0) is 16.1 Å². The van der Waals surface area contributed by atoms with E-state index in [2.05, 4.69) is 0 Å². The Morgan fingerprint density at radius 2 is 2.07 bits per heavy atom. The Bertz CT molecular complexity index is 1030. The molecule has 2 atom stereocenters. The molecule has 0 fully saturated rings. The first kappa shape index (κ1) is 20.6. The van der Waals surface area contributed by atoms with Gasteiger partial charge >= 0.3 is 5.97 Å². The number of nitrogens with two attached hydrogens (primary N) is 1. The molecule has 0 spiro atoms. The molecule has 0 saturated heterocycles. The van der Waals surface area contributed by atoms with Crippen LogP contribution >= 0.6 is 0 Å². The number of aliphatic hydroxyl groups is 1. The summed E-state index contributed by atoms with van der Waals surface area (Å²) in [6.45, 7) is 2.69. The summed E-state index contributed by atoms with van der Waals surface area (Å²) < 4.78 is 16.2. The number of nitrogens with one attached hydrogen (secondary N) is 1. The molecular formula is C19H20N2O8. The molecule has 0 bridgehead atoms. The number of quaternary nitrogens is 1. The molecule has 2 aromatic rings. The van der Waals surface area contributed by atoms with Gasteiger partial charge in [-0.1, -0.05) is 18.2 Å². The minimum absolute atomic E-state index is 0.0767. The lowest BCUT2D eigenvalue weighted by atomic mass is 9.85. The van der Waals surface area contributed by atoms with Crippen LogP contribution in [0.1, 0.15) is 36.8 Å². The molecule has 10 heteroatoms. The molecule has 154 valence electrons. The predicted octanol–water partition coefficient (Wildman–Crippen LogP) is 0.182. The fourth-order valence-corrected chi connectivity index (χ4v) is 3.09. The maximum atomic E-state index is 12.8. The third-order valence-corrected chi connectivity index (χ3v) is 4.23. The number of hydrogen-bond acceptors (Lipinski definition) is 9. The molecule has 29 heavy (non-hydrogen) atoms. The van der Waals surface area contributed by atoms with E-state index in [1.807, 2.05) is 0 Å². The van der Waals surface area contributed by atoms with Crippen molar-refractivity contribution in [2.45, 2.75) is 32.5 Å². The van der Waals surface area contributed by atoms with Crippen molar-refractivity contribution in [2.24, 2.45) is 5.73 Å². The van der Waals surface area contributed by atoms with Gasteiger partial charge in [0.25, 0.3) is 0 Å². The van der Waals surface area contributed by atoms with Gasteiger partial charge in [0.2, 0.25) is 17.1 Å². The van der Waals surface area contributed by atoms with Crippen LogP contribution in [0, 0.1) is 5.21 Å². The maximum absolute atomic E-state index is 12.8. The van der Waals surface area contributed by atoms with Gasteiger partial charge in [0.05, 0.1) is 12.0 Å². The summed E-state index contributed by atoms with van der Waals surface area (Å²) in [5.74, 6) is -2.92. The normalized spacial score (nSPS) is 17.0. The van der Waals surface area contributed by atoms with Gasteiger partial charge in [0.1, 0.15) is 17.9 Å². The molecule has 1 aromatic carbocycles. The Balaban J connectivity index is 2.32. The third kappa shape index (κ3) is 3.87. The number of carbonyl (C=O) groups is 1. The largest absolute Gasteiger partial charge is 0.595 e. The fraction of sp³-hybridized carbons (Fsp3) is 0.263. The van der Waals surface area contributed by atoms with Crippen LogP contribution in [0.2, 0.25) is 0 Å². The van der Waals surface area contributed by atoms with Gasteiger partial charge in [-0.2, -0.15) is 5.23 Å². The first-order valence-corrected chi connectivity index (χ1v) is 8.73. The second-order valence-electron chi connectivity index (χ2n) is 6.59. The number of carbonyl (C=O) groups excluding carboxylic acids is 1. The number of fused-ring (bicyclic) bond motifs is 1. The Kier molecular flexibility index (Phi) is 5.71. The summed E-state index contributed by atoms with van der Waals surface area (Å²) in [6.07, 6.45) is -0.490. The highest BCUT2D eigenvalue weighted by Gasteiger charge is 2.41. The zero-order chi connectivity index (χ0) is 21.3. The van der Waals surface area contributed by atoms with Crippen molar-refractivity contribution < 1.29 is 34.2 Å². The highest BCUT2D eigenvalue weighted by atomic mass is 16.8. The van der Waals surface area contributed by atoms with Crippen LogP contribution in [0.25, 0.3) is 0 Å². The van der Waals surface area contributed by atoms with Gasteiger partial charge in [-0.15, -0.1) is 0 Å². The van der Waals surface area contributed by atoms with Crippen LogP contribution < -0.4 is 21.1 Å². The monoisotopic (exact) mass is 404 g/mol. The Hall–Kier alpha value is -3.18. The molecule has 5 N–H and O–H groups in total. The number of rotatable bonds is 5. The molecule has 10 nitrogen and oxygen atoms in total. The zero-order valence-electron chi connectivity index (χ0n) is 15.7. The summed E-state index contributed by atoms with van der Waals surface area (Å²) in [4.78, 5) is 25.2. The van der Waals surface area contributed by atoms with E-state index in [1.54, 1.807) is 19.9 Å². The lowest BCUT2D eigenvalue weighted by Gasteiger charge is -2.28. The van der Waals surface area contributed by atoms with Gasteiger partial charge in [-0.25, -0.2) is 10.0 Å². The van der Waals surface area contributed by atoms with E-state index in [-0.39, 0.29) is 34.1 Å². The number of aliphatic hydroxyl groups excluding tert-OH is 1. The molecule has 3 rings (SSSR count). The molecule has 1 aromatic heterocycles. The van der Waals surface area contributed by atoms with Gasteiger partial charge in [0.15, 0.2) is 11.4 Å². The molecule has 0 amide bonds. The smallest absolute Gasteiger partial charge is 0.340 e. The van der Waals surface area contributed by atoms with E-state index in [0.29, 0.717) is 0 Å². The van der Waals surface area contributed by atoms with Crippen molar-refractivity contribution in [2.75, 3.05) is 0 Å². The second kappa shape index (κ2) is 8.05. The van der Waals surface area contributed by atoms with Crippen molar-refractivity contribution in [3.63, 3.8) is 0 Å². The second-order valence-corrected chi connectivity index (χ2v) is 6.59. The van der Waals surface area contributed by atoms with Crippen molar-refractivity contribution in [1.82, 2.24) is 0 Å². The summed E-state index contributed by atoms with van der Waals surface area (Å²) in [6, 6.07) is 6.95. The third-order valence-electron chi connectivity index (χ3n) is 4.23. The molecule has 0 saturated carbocycles. The number of esters is 1. The summed E-state index contributed by atoms with van der Waals surface area (Å²) >= 11 is 0. The minimum Gasteiger partial charge on any atom is -0.595 e. The van der Waals surface area contributed by atoms with Crippen LogP contribution in [-0.4, -0.2) is 22.4 Å². The molecule has 1 aliphatic heterocycles. The highest BCUT2D eigenvalue weighted by molar-refractivity contribution is 5.92. The van der Waals surface area contributed by atoms with Gasteiger partial charge in [0, 0.05) is 17.7 Å². The number of ether oxygens (including phenoxy) is 2. The molecule has 0 aliphatic carbocycles. The number of para-hydroxylation sites is 1. The molecule has 2 heterocycles. The van der Waals surface area contributed by atoms with Crippen molar-refractivity contribution in [3.8, 4) is 5.75 Å². The average molecular weight is 404 g/mol. The van der Waals surface area contributed by atoms with Crippen LogP contribution in [0.4, 0.5) is 5.69 Å². The van der Waals surface area contributed by atoms with Gasteiger partial charge < -0.3 is 29.9 Å². The van der Waals surface area contributed by atoms with E-state index in [1.165, 1.54) is 18.2 Å². The lowest BCUT2D eigenvalue weighted by molar-refractivity contribution is -0.991. The van der Waals surface area contributed by atoms with E-state index in [4.69, 9.17) is 19.6 Å². The van der Waals surface area contributed by atoms with E-state index in [9.17, 15) is 25.1 Å².